The molecule has 0 aliphatic heterocycles. The molecule has 0 aliphatic carbocycles. The van der Waals surface area contributed by atoms with Gasteiger partial charge in [0.05, 0.1) is 26.2 Å². The smallest absolute Gasteiger partial charge is 0.254 e. The van der Waals surface area contributed by atoms with E-state index in [1.54, 1.807) is 4.90 Å². The summed E-state index contributed by atoms with van der Waals surface area (Å²) in [5.74, 6) is 0.173. The Hall–Kier alpha value is -1.87. The van der Waals surface area contributed by atoms with Crippen LogP contribution < -0.4 is 4.90 Å². The van der Waals surface area contributed by atoms with Crippen molar-refractivity contribution in [1.29, 1.82) is 0 Å². The number of carbonyl (C=O) groups excluding carboxylic acids is 1. The highest BCUT2D eigenvalue weighted by Crippen LogP contribution is 2.20. The van der Waals surface area contributed by atoms with E-state index in [1.165, 1.54) is 0 Å². The minimum Gasteiger partial charge on any atom is -0.334 e. The highest BCUT2D eigenvalue weighted by Gasteiger charge is 2.19. The lowest BCUT2D eigenvalue weighted by Gasteiger charge is -2.25. The predicted octanol–water partition coefficient (Wildman–Crippen LogP) is 3.01. The Kier molecular flexibility index (Phi) is 7.26. The van der Waals surface area contributed by atoms with E-state index >= 15 is 0 Å². The van der Waals surface area contributed by atoms with Crippen LogP contribution in [-0.2, 0) is 0 Å². The molecule has 2 aromatic rings. The number of benzene rings is 2. The zero-order valence-electron chi connectivity index (χ0n) is 15.3. The summed E-state index contributed by atoms with van der Waals surface area (Å²) in [5, 5.41) is 2.19. The monoisotopic (exact) mass is 327 g/mol. The lowest BCUT2D eigenvalue weighted by atomic mass is 10.0. The van der Waals surface area contributed by atoms with Gasteiger partial charge in [0, 0.05) is 12.1 Å². The molecule has 1 amide bonds. The molecule has 0 aromatic heterocycles. The number of hydrogen-bond donors (Lipinski definition) is 1. The second-order valence-electron chi connectivity index (χ2n) is 6.38. The van der Waals surface area contributed by atoms with Gasteiger partial charge in [-0.3, -0.25) is 4.79 Å². The molecule has 0 spiro atoms. The van der Waals surface area contributed by atoms with E-state index in [0.29, 0.717) is 0 Å². The Morgan fingerprint density at radius 2 is 1.67 bits per heavy atom. The fourth-order valence-corrected chi connectivity index (χ4v) is 3.14. The number of quaternary nitrogens is 1. The topological polar surface area (TPSA) is 24.8 Å². The van der Waals surface area contributed by atoms with Crippen molar-refractivity contribution in [2.45, 2.75) is 33.6 Å². The molecule has 0 radical (unpaired) electrons. The van der Waals surface area contributed by atoms with Crippen LogP contribution in [0.25, 0.3) is 10.8 Å². The number of rotatable bonds is 9. The normalized spacial score (nSPS) is 11.2. The number of unbranched alkanes of at least 4 members (excludes halogenated alkanes) is 1. The summed E-state index contributed by atoms with van der Waals surface area (Å²) in [6, 6.07) is 14.2. The Bertz CT molecular complexity index is 644. The Labute approximate surface area is 146 Å². The molecule has 0 unspecified atom stereocenters. The maximum absolute atomic E-state index is 13.2. The van der Waals surface area contributed by atoms with E-state index in [0.717, 1.165) is 61.9 Å². The zero-order valence-corrected chi connectivity index (χ0v) is 15.3. The van der Waals surface area contributed by atoms with E-state index in [9.17, 15) is 4.79 Å². The molecule has 0 saturated heterocycles. The fraction of sp³-hybridized carbons (Fsp3) is 0.476. The summed E-state index contributed by atoms with van der Waals surface area (Å²) in [7, 11) is 0. The third kappa shape index (κ3) is 4.57. The second kappa shape index (κ2) is 9.43. The van der Waals surface area contributed by atoms with E-state index in [4.69, 9.17) is 0 Å². The predicted molar refractivity (Wildman–Crippen MR) is 102 cm³/mol. The fourth-order valence-electron chi connectivity index (χ4n) is 3.14. The SMILES string of the molecule is CCCCN(CC[NH+](CC)CC)C(=O)c1cccc2ccccc12. The zero-order chi connectivity index (χ0) is 17.4. The van der Waals surface area contributed by atoms with Gasteiger partial charge in [-0.15, -0.1) is 0 Å². The van der Waals surface area contributed by atoms with Crippen molar-refractivity contribution in [3.63, 3.8) is 0 Å². The molecule has 3 nitrogen and oxygen atoms in total. The first kappa shape index (κ1) is 18.5. The lowest BCUT2D eigenvalue weighted by molar-refractivity contribution is -0.895. The molecule has 24 heavy (non-hydrogen) atoms. The van der Waals surface area contributed by atoms with Crippen molar-refractivity contribution >= 4 is 16.7 Å². The largest absolute Gasteiger partial charge is 0.334 e. The number of nitrogens with zero attached hydrogens (tertiary/aromatic N) is 1. The van der Waals surface area contributed by atoms with Crippen LogP contribution in [0.5, 0.6) is 0 Å². The summed E-state index contributed by atoms with van der Waals surface area (Å²) >= 11 is 0. The standard InChI is InChI=1S/C21H30N2O/c1-4-7-15-23(17-16-22(5-2)6-3)21(24)20-14-10-12-18-11-8-9-13-19(18)20/h8-14H,4-7,15-17H2,1-3H3/p+1. The van der Waals surface area contributed by atoms with Gasteiger partial charge in [-0.1, -0.05) is 49.7 Å². The van der Waals surface area contributed by atoms with Crippen LogP contribution in [0.4, 0.5) is 0 Å². The highest BCUT2D eigenvalue weighted by atomic mass is 16.2. The molecule has 0 aliphatic rings. The van der Waals surface area contributed by atoms with Gasteiger partial charge < -0.3 is 9.80 Å². The van der Waals surface area contributed by atoms with Gasteiger partial charge in [0.25, 0.3) is 5.91 Å². The number of amides is 1. The van der Waals surface area contributed by atoms with Crippen LogP contribution in [0, 0.1) is 0 Å². The minimum absolute atomic E-state index is 0.173. The number of fused-ring (bicyclic) bond motifs is 1. The van der Waals surface area contributed by atoms with Crippen LogP contribution in [0.3, 0.4) is 0 Å². The third-order valence-electron chi connectivity index (χ3n) is 4.82. The van der Waals surface area contributed by atoms with Crippen LogP contribution in [0.15, 0.2) is 42.5 Å². The summed E-state index contributed by atoms with van der Waals surface area (Å²) in [5.41, 5.74) is 0.832. The molecule has 0 fully saturated rings. The van der Waals surface area contributed by atoms with E-state index in [1.807, 2.05) is 24.3 Å². The van der Waals surface area contributed by atoms with Crippen LogP contribution in [-0.4, -0.2) is 43.5 Å². The molecule has 0 heterocycles. The van der Waals surface area contributed by atoms with Crippen molar-refractivity contribution in [2.24, 2.45) is 0 Å². The Balaban J connectivity index is 2.22. The summed E-state index contributed by atoms with van der Waals surface area (Å²) in [4.78, 5) is 16.8. The number of likely N-dealkylation sites (N-methyl/N-ethyl adjacent to an activating group) is 1. The average molecular weight is 327 g/mol. The molecule has 2 aromatic carbocycles. The van der Waals surface area contributed by atoms with Gasteiger partial charge in [0.1, 0.15) is 0 Å². The van der Waals surface area contributed by atoms with Gasteiger partial charge in [-0.25, -0.2) is 0 Å². The van der Waals surface area contributed by atoms with Gasteiger partial charge in [0.15, 0.2) is 0 Å². The van der Waals surface area contributed by atoms with Crippen LogP contribution >= 0.6 is 0 Å². The molecule has 3 heteroatoms. The minimum atomic E-state index is 0.173. The van der Waals surface area contributed by atoms with Crippen LogP contribution in [0.1, 0.15) is 44.0 Å². The van der Waals surface area contributed by atoms with Gasteiger partial charge in [0.2, 0.25) is 0 Å². The maximum atomic E-state index is 13.2. The van der Waals surface area contributed by atoms with Gasteiger partial charge >= 0.3 is 0 Å². The molecule has 1 N–H and O–H groups in total. The second-order valence-corrected chi connectivity index (χ2v) is 6.38. The van der Waals surface area contributed by atoms with Crippen molar-refractivity contribution in [3.05, 3.63) is 48.0 Å². The number of hydrogen-bond acceptors (Lipinski definition) is 1. The first-order chi connectivity index (χ1) is 11.7. The summed E-state index contributed by atoms with van der Waals surface area (Å²) in [6.45, 7) is 11.5. The van der Waals surface area contributed by atoms with Crippen molar-refractivity contribution < 1.29 is 9.69 Å². The Morgan fingerprint density at radius 1 is 0.958 bits per heavy atom. The van der Waals surface area contributed by atoms with E-state index < -0.39 is 0 Å². The molecule has 130 valence electrons. The molecule has 0 atom stereocenters. The van der Waals surface area contributed by atoms with Crippen molar-refractivity contribution in [2.75, 3.05) is 32.7 Å². The first-order valence-corrected chi connectivity index (χ1v) is 9.31. The summed E-state index contributed by atoms with van der Waals surface area (Å²) < 4.78 is 0. The third-order valence-corrected chi connectivity index (χ3v) is 4.82. The lowest BCUT2D eigenvalue weighted by Crippen LogP contribution is -3.12. The van der Waals surface area contributed by atoms with Crippen molar-refractivity contribution in [1.82, 2.24) is 4.90 Å². The molecule has 2 rings (SSSR count). The molecular formula is C21H31N2O+. The molecule has 0 bridgehead atoms. The Morgan fingerprint density at radius 3 is 2.38 bits per heavy atom. The molecule has 0 saturated carbocycles. The summed E-state index contributed by atoms with van der Waals surface area (Å²) in [6.07, 6.45) is 2.17. The van der Waals surface area contributed by atoms with E-state index in [2.05, 4.69) is 43.9 Å². The first-order valence-electron chi connectivity index (χ1n) is 9.31. The average Bonchev–Trinajstić information content (AvgIpc) is 2.64. The van der Waals surface area contributed by atoms with Gasteiger partial charge in [-0.2, -0.15) is 0 Å². The maximum Gasteiger partial charge on any atom is 0.254 e. The quantitative estimate of drug-likeness (QED) is 0.752. The number of carbonyl (C=O) groups is 1. The van der Waals surface area contributed by atoms with Crippen molar-refractivity contribution in [3.8, 4) is 0 Å². The molecular weight excluding hydrogens is 296 g/mol. The van der Waals surface area contributed by atoms with E-state index in [-0.39, 0.29) is 5.91 Å². The van der Waals surface area contributed by atoms with Gasteiger partial charge in [-0.05, 0) is 37.1 Å². The number of nitrogens with one attached hydrogen (secondary N) is 1. The highest BCUT2D eigenvalue weighted by molar-refractivity contribution is 6.07. The van der Waals surface area contributed by atoms with Crippen LogP contribution in [0.2, 0.25) is 0 Å².